The topological polar surface area (TPSA) is 38.9 Å². The number of hydrogen-bond acceptors (Lipinski definition) is 2. The van der Waals surface area contributed by atoms with Crippen molar-refractivity contribution in [2.75, 3.05) is 0 Å². The number of nitrogens with zero attached hydrogens (tertiary/aromatic N) is 1. The predicted octanol–water partition coefficient (Wildman–Crippen LogP) is 3.19. The van der Waals surface area contributed by atoms with Gasteiger partial charge in [0.1, 0.15) is 0 Å². The van der Waals surface area contributed by atoms with Crippen LogP contribution in [-0.2, 0) is 5.54 Å². The SMILES string of the molecule is CC(C)(N)c1cc(Br)c2ncccc2c1. The summed E-state index contributed by atoms with van der Waals surface area (Å²) in [5.41, 5.74) is 7.83. The average Bonchev–Trinajstić information content (AvgIpc) is 2.16. The molecule has 0 aliphatic rings. The number of nitrogens with two attached hydrogens (primary N) is 1. The maximum atomic E-state index is 6.08. The molecule has 15 heavy (non-hydrogen) atoms. The van der Waals surface area contributed by atoms with Gasteiger partial charge in [-0.2, -0.15) is 0 Å². The summed E-state index contributed by atoms with van der Waals surface area (Å²) in [5.74, 6) is 0. The van der Waals surface area contributed by atoms with Gasteiger partial charge in [-0.25, -0.2) is 0 Å². The van der Waals surface area contributed by atoms with E-state index >= 15 is 0 Å². The van der Waals surface area contributed by atoms with Crippen LogP contribution >= 0.6 is 15.9 Å². The molecule has 1 aromatic carbocycles. The van der Waals surface area contributed by atoms with Crippen molar-refractivity contribution >= 4 is 26.8 Å². The third kappa shape index (κ3) is 2.03. The van der Waals surface area contributed by atoms with Crippen LogP contribution in [0.1, 0.15) is 19.4 Å². The van der Waals surface area contributed by atoms with Crippen molar-refractivity contribution < 1.29 is 0 Å². The molecule has 78 valence electrons. The summed E-state index contributed by atoms with van der Waals surface area (Å²) in [4.78, 5) is 4.32. The summed E-state index contributed by atoms with van der Waals surface area (Å²) >= 11 is 3.52. The monoisotopic (exact) mass is 264 g/mol. The van der Waals surface area contributed by atoms with Gasteiger partial charge in [-0.15, -0.1) is 0 Å². The lowest BCUT2D eigenvalue weighted by Gasteiger charge is -2.20. The number of rotatable bonds is 1. The molecule has 0 amide bonds. The van der Waals surface area contributed by atoms with Gasteiger partial charge in [-0.1, -0.05) is 6.07 Å². The first-order chi connectivity index (χ1) is 6.98. The first-order valence-electron chi connectivity index (χ1n) is 4.82. The molecule has 2 rings (SSSR count). The van der Waals surface area contributed by atoms with Crippen LogP contribution < -0.4 is 5.73 Å². The van der Waals surface area contributed by atoms with E-state index in [1.807, 2.05) is 32.0 Å². The summed E-state index contributed by atoms with van der Waals surface area (Å²) in [6.07, 6.45) is 1.79. The van der Waals surface area contributed by atoms with E-state index in [2.05, 4.69) is 27.0 Å². The fourth-order valence-electron chi connectivity index (χ4n) is 1.52. The Bertz CT molecular complexity index is 500. The number of fused-ring (bicyclic) bond motifs is 1. The molecule has 1 heterocycles. The predicted molar refractivity (Wildman–Crippen MR) is 66.7 cm³/mol. The molecule has 0 atom stereocenters. The van der Waals surface area contributed by atoms with Crippen LogP contribution in [0, 0.1) is 0 Å². The number of aromatic nitrogens is 1. The molecule has 0 aliphatic carbocycles. The highest BCUT2D eigenvalue weighted by Gasteiger charge is 2.15. The van der Waals surface area contributed by atoms with Gasteiger partial charge >= 0.3 is 0 Å². The Balaban J connectivity index is 2.73. The Kier molecular flexibility index (Phi) is 2.52. The van der Waals surface area contributed by atoms with E-state index in [4.69, 9.17) is 5.73 Å². The van der Waals surface area contributed by atoms with Gasteiger partial charge in [0, 0.05) is 21.6 Å². The number of hydrogen-bond donors (Lipinski definition) is 1. The van der Waals surface area contributed by atoms with E-state index < -0.39 is 0 Å². The Morgan fingerprint density at radius 1 is 1.33 bits per heavy atom. The van der Waals surface area contributed by atoms with Gasteiger partial charge < -0.3 is 5.73 Å². The van der Waals surface area contributed by atoms with Gasteiger partial charge in [-0.3, -0.25) is 4.98 Å². The van der Waals surface area contributed by atoms with Crippen molar-refractivity contribution in [3.05, 3.63) is 40.5 Å². The van der Waals surface area contributed by atoms with Crippen LogP contribution in [0.3, 0.4) is 0 Å². The lowest BCUT2D eigenvalue weighted by atomic mass is 9.94. The van der Waals surface area contributed by atoms with Crippen molar-refractivity contribution in [3.63, 3.8) is 0 Å². The highest BCUT2D eigenvalue weighted by molar-refractivity contribution is 9.10. The van der Waals surface area contributed by atoms with E-state index in [0.717, 1.165) is 20.9 Å². The van der Waals surface area contributed by atoms with Crippen LogP contribution in [0.15, 0.2) is 34.9 Å². The van der Waals surface area contributed by atoms with Crippen molar-refractivity contribution in [1.82, 2.24) is 4.98 Å². The van der Waals surface area contributed by atoms with Gasteiger partial charge in [0.2, 0.25) is 0 Å². The van der Waals surface area contributed by atoms with Crippen molar-refractivity contribution in [2.45, 2.75) is 19.4 Å². The zero-order chi connectivity index (χ0) is 11.1. The minimum atomic E-state index is -0.327. The average molecular weight is 265 g/mol. The fraction of sp³-hybridized carbons (Fsp3) is 0.250. The Morgan fingerprint density at radius 2 is 2.07 bits per heavy atom. The molecule has 0 spiro atoms. The molecule has 0 aliphatic heterocycles. The minimum absolute atomic E-state index is 0.327. The summed E-state index contributed by atoms with van der Waals surface area (Å²) in [7, 11) is 0. The highest BCUT2D eigenvalue weighted by atomic mass is 79.9. The maximum Gasteiger partial charge on any atom is 0.0844 e. The van der Waals surface area contributed by atoms with Gasteiger partial charge in [-0.05, 0) is 53.5 Å². The second-order valence-corrected chi connectivity index (χ2v) is 5.11. The van der Waals surface area contributed by atoms with E-state index in [0.29, 0.717) is 0 Å². The Hall–Kier alpha value is -0.930. The molecular weight excluding hydrogens is 252 g/mol. The molecule has 2 N–H and O–H groups in total. The standard InChI is InChI=1S/C12H13BrN2/c1-12(2,14)9-6-8-4-3-5-15-11(8)10(13)7-9/h3-7H,14H2,1-2H3. The lowest BCUT2D eigenvalue weighted by Crippen LogP contribution is -2.28. The third-order valence-electron chi connectivity index (χ3n) is 2.40. The summed E-state index contributed by atoms with van der Waals surface area (Å²) in [6, 6.07) is 8.10. The first kappa shape index (κ1) is 10.6. The molecule has 2 aromatic rings. The zero-order valence-corrected chi connectivity index (χ0v) is 10.4. The van der Waals surface area contributed by atoms with E-state index in [-0.39, 0.29) is 5.54 Å². The quantitative estimate of drug-likeness (QED) is 0.860. The molecular formula is C12H13BrN2. The van der Waals surface area contributed by atoms with Gasteiger partial charge in [0.25, 0.3) is 0 Å². The third-order valence-corrected chi connectivity index (χ3v) is 3.01. The Morgan fingerprint density at radius 3 is 2.73 bits per heavy atom. The normalized spacial score (nSPS) is 12.0. The summed E-state index contributed by atoms with van der Waals surface area (Å²) in [5, 5.41) is 1.11. The van der Waals surface area contributed by atoms with Crippen molar-refractivity contribution in [3.8, 4) is 0 Å². The van der Waals surface area contributed by atoms with E-state index in [1.54, 1.807) is 6.20 Å². The van der Waals surface area contributed by atoms with Crippen LogP contribution in [0.2, 0.25) is 0 Å². The molecule has 0 fully saturated rings. The molecule has 0 saturated carbocycles. The van der Waals surface area contributed by atoms with Gasteiger partial charge in [0.15, 0.2) is 0 Å². The number of pyridine rings is 1. The molecule has 0 saturated heterocycles. The first-order valence-corrected chi connectivity index (χ1v) is 5.61. The van der Waals surface area contributed by atoms with Crippen LogP contribution in [0.25, 0.3) is 10.9 Å². The van der Waals surface area contributed by atoms with Crippen molar-refractivity contribution in [2.24, 2.45) is 5.73 Å². The van der Waals surface area contributed by atoms with Crippen LogP contribution in [-0.4, -0.2) is 4.98 Å². The van der Waals surface area contributed by atoms with Gasteiger partial charge in [0.05, 0.1) is 5.52 Å². The minimum Gasteiger partial charge on any atom is -0.322 e. The molecule has 3 heteroatoms. The molecule has 2 nitrogen and oxygen atoms in total. The number of benzene rings is 1. The molecule has 0 unspecified atom stereocenters. The van der Waals surface area contributed by atoms with E-state index in [9.17, 15) is 0 Å². The smallest absolute Gasteiger partial charge is 0.0844 e. The van der Waals surface area contributed by atoms with E-state index in [1.165, 1.54) is 0 Å². The molecule has 0 bridgehead atoms. The second-order valence-electron chi connectivity index (χ2n) is 4.25. The Labute approximate surface area is 97.6 Å². The lowest BCUT2D eigenvalue weighted by molar-refractivity contribution is 0.555. The van der Waals surface area contributed by atoms with Crippen molar-refractivity contribution in [1.29, 1.82) is 0 Å². The zero-order valence-electron chi connectivity index (χ0n) is 8.79. The second kappa shape index (κ2) is 3.58. The molecule has 0 radical (unpaired) electrons. The number of halogens is 1. The summed E-state index contributed by atoms with van der Waals surface area (Å²) in [6.45, 7) is 3.99. The molecule has 1 aromatic heterocycles. The summed E-state index contributed by atoms with van der Waals surface area (Å²) < 4.78 is 0.995. The van der Waals surface area contributed by atoms with Crippen LogP contribution in [0.5, 0.6) is 0 Å². The maximum absolute atomic E-state index is 6.08. The fourth-order valence-corrected chi connectivity index (χ4v) is 2.10. The largest absolute Gasteiger partial charge is 0.322 e. The highest BCUT2D eigenvalue weighted by Crippen LogP contribution is 2.28. The van der Waals surface area contributed by atoms with Crippen LogP contribution in [0.4, 0.5) is 0 Å².